The van der Waals surface area contributed by atoms with E-state index in [1.807, 2.05) is 14.0 Å². The van der Waals surface area contributed by atoms with E-state index in [4.69, 9.17) is 11.2 Å². The second kappa shape index (κ2) is 20.5. The van der Waals surface area contributed by atoms with Crippen LogP contribution in [-0.4, -0.2) is 56.0 Å². The van der Waals surface area contributed by atoms with Gasteiger partial charge in [-0.15, -0.1) is 12.3 Å². The lowest BCUT2D eigenvalue weighted by atomic mass is 10.1. The molecule has 1 fully saturated rings. The summed E-state index contributed by atoms with van der Waals surface area (Å²) in [6, 6.07) is 13.4. The van der Waals surface area contributed by atoms with Crippen molar-refractivity contribution in [1.29, 1.82) is 0 Å². The average Bonchev–Trinajstić information content (AvgIpc) is 3.79. The monoisotopic (exact) mass is 567 g/mol. The molecule has 226 valence electrons. The van der Waals surface area contributed by atoms with E-state index in [0.717, 1.165) is 24.4 Å². The van der Waals surface area contributed by atoms with Crippen molar-refractivity contribution in [2.45, 2.75) is 91.1 Å². The molecule has 2 aromatic rings. The van der Waals surface area contributed by atoms with E-state index in [1.54, 1.807) is 20.0 Å². The van der Waals surface area contributed by atoms with Crippen molar-refractivity contribution in [3.05, 3.63) is 65.0 Å². The fraction of sp³-hybridized carbons (Fsp3) is 0.529. The number of aryl methyl sites for hydroxylation is 3. The highest BCUT2D eigenvalue weighted by atomic mass is 19.1. The van der Waals surface area contributed by atoms with Crippen LogP contribution in [0.5, 0.6) is 5.75 Å². The van der Waals surface area contributed by atoms with Crippen molar-refractivity contribution >= 4 is 11.8 Å². The van der Waals surface area contributed by atoms with Gasteiger partial charge in [0.05, 0.1) is 6.61 Å². The molecule has 0 bridgehead atoms. The molecule has 3 rings (SSSR count). The number of nitrogens with one attached hydrogen (secondary N) is 2. The lowest BCUT2D eigenvalue weighted by molar-refractivity contribution is -0.138. The molecule has 1 atom stereocenters. The van der Waals surface area contributed by atoms with Gasteiger partial charge in [0.25, 0.3) is 0 Å². The van der Waals surface area contributed by atoms with Gasteiger partial charge in [0.1, 0.15) is 17.6 Å². The highest BCUT2D eigenvalue weighted by Crippen LogP contribution is 2.17. The fourth-order valence-corrected chi connectivity index (χ4v) is 3.89. The number of ether oxygens (including phenoxy) is 1. The lowest BCUT2D eigenvalue weighted by Gasteiger charge is -2.26. The molecule has 0 radical (unpaired) electrons. The lowest BCUT2D eigenvalue weighted by Crippen LogP contribution is -2.47. The quantitative estimate of drug-likeness (QED) is 0.231. The highest BCUT2D eigenvalue weighted by Gasteiger charge is 2.25. The van der Waals surface area contributed by atoms with Crippen LogP contribution in [0.1, 0.15) is 75.5 Å². The van der Waals surface area contributed by atoms with Gasteiger partial charge in [-0.25, -0.2) is 4.39 Å². The van der Waals surface area contributed by atoms with Gasteiger partial charge in [0.2, 0.25) is 11.8 Å². The molecule has 0 spiro atoms. The Morgan fingerprint density at radius 2 is 1.85 bits per heavy atom. The largest absolute Gasteiger partial charge is 0.493 e. The maximum atomic E-state index is 13.3. The Labute approximate surface area is 247 Å². The molecule has 1 aliphatic carbocycles. The Morgan fingerprint density at radius 1 is 1.12 bits per heavy atom. The van der Waals surface area contributed by atoms with Gasteiger partial charge in [-0.3, -0.25) is 9.59 Å². The highest BCUT2D eigenvalue weighted by molar-refractivity contribution is 5.87. The zero-order valence-corrected chi connectivity index (χ0v) is 25.9. The number of unbranched alkanes of at least 4 members (excludes halogenated alkanes) is 1. The van der Waals surface area contributed by atoms with Crippen molar-refractivity contribution in [2.75, 3.05) is 27.2 Å². The predicted octanol–water partition coefficient (Wildman–Crippen LogP) is 5.99. The molecule has 1 aliphatic rings. The number of terminal acetylenes is 1. The number of benzene rings is 2. The van der Waals surface area contributed by atoms with Gasteiger partial charge in [-0.1, -0.05) is 43.7 Å². The van der Waals surface area contributed by atoms with Crippen molar-refractivity contribution < 1.29 is 18.7 Å². The third-order valence-corrected chi connectivity index (χ3v) is 6.57. The Hall–Kier alpha value is -3.37. The van der Waals surface area contributed by atoms with Crippen LogP contribution in [0.15, 0.2) is 42.5 Å². The van der Waals surface area contributed by atoms with Gasteiger partial charge >= 0.3 is 0 Å². The first-order valence-corrected chi connectivity index (χ1v) is 14.7. The predicted molar refractivity (Wildman–Crippen MR) is 166 cm³/mol. The Balaban J connectivity index is 0.000000481. The summed E-state index contributed by atoms with van der Waals surface area (Å²) in [6.07, 6.45) is 11.8. The first kappa shape index (κ1) is 35.7. The summed E-state index contributed by atoms with van der Waals surface area (Å²) < 4.78 is 18.8. The number of amides is 2. The van der Waals surface area contributed by atoms with Gasteiger partial charge in [0.15, 0.2) is 0 Å². The summed E-state index contributed by atoms with van der Waals surface area (Å²) >= 11 is 0. The van der Waals surface area contributed by atoms with Gasteiger partial charge < -0.3 is 20.3 Å². The third kappa shape index (κ3) is 15.9. The molecule has 41 heavy (non-hydrogen) atoms. The van der Waals surface area contributed by atoms with Crippen LogP contribution in [0.4, 0.5) is 4.39 Å². The minimum atomic E-state index is -0.652. The SMILES string of the molecule is C#CCC(C(=O)NCCC)N(C)C(=O)CCCCOc1cc(C)cc(F)c1.CCc1cccc(C)c1.CNC1CC1. The van der Waals surface area contributed by atoms with E-state index in [1.165, 1.54) is 41.0 Å². The molecule has 0 heterocycles. The minimum Gasteiger partial charge on any atom is -0.493 e. The molecule has 0 saturated heterocycles. The van der Waals surface area contributed by atoms with E-state index in [-0.39, 0.29) is 24.1 Å². The van der Waals surface area contributed by atoms with Crippen molar-refractivity contribution in [2.24, 2.45) is 0 Å². The Morgan fingerprint density at radius 3 is 2.37 bits per heavy atom. The van der Waals surface area contributed by atoms with Crippen LogP contribution in [0.3, 0.4) is 0 Å². The smallest absolute Gasteiger partial charge is 0.243 e. The molecule has 6 nitrogen and oxygen atoms in total. The molecule has 2 N–H and O–H groups in total. The van der Waals surface area contributed by atoms with Crippen molar-refractivity contribution in [3.63, 3.8) is 0 Å². The first-order valence-electron chi connectivity index (χ1n) is 14.7. The van der Waals surface area contributed by atoms with Crippen LogP contribution < -0.4 is 15.4 Å². The molecular formula is C34H50FN3O3. The van der Waals surface area contributed by atoms with Crippen LogP contribution in [-0.2, 0) is 16.0 Å². The molecule has 1 unspecified atom stereocenters. The van der Waals surface area contributed by atoms with Gasteiger partial charge in [-0.2, -0.15) is 0 Å². The summed E-state index contributed by atoms with van der Waals surface area (Å²) in [5.41, 5.74) is 3.58. The number of carbonyl (C=O) groups is 2. The molecule has 7 heteroatoms. The molecular weight excluding hydrogens is 517 g/mol. The zero-order chi connectivity index (χ0) is 30.6. The van der Waals surface area contributed by atoms with Crippen LogP contribution in [0.25, 0.3) is 0 Å². The minimum absolute atomic E-state index is 0.136. The van der Waals surface area contributed by atoms with Crippen molar-refractivity contribution in [3.8, 4) is 18.1 Å². The van der Waals surface area contributed by atoms with E-state index >= 15 is 0 Å². The number of carbonyl (C=O) groups excluding carboxylic acids is 2. The summed E-state index contributed by atoms with van der Waals surface area (Å²) in [4.78, 5) is 25.9. The Kier molecular flexibility index (Phi) is 17.8. The maximum Gasteiger partial charge on any atom is 0.243 e. The molecule has 0 aliphatic heterocycles. The number of halogens is 1. The van der Waals surface area contributed by atoms with E-state index in [2.05, 4.69) is 54.7 Å². The van der Waals surface area contributed by atoms with Crippen LogP contribution in [0, 0.1) is 32.0 Å². The van der Waals surface area contributed by atoms with Gasteiger partial charge in [-0.05, 0) is 82.7 Å². The zero-order valence-electron chi connectivity index (χ0n) is 25.9. The topological polar surface area (TPSA) is 70.7 Å². The maximum absolute atomic E-state index is 13.3. The number of hydrogen-bond donors (Lipinski definition) is 2. The van der Waals surface area contributed by atoms with Crippen molar-refractivity contribution in [1.82, 2.24) is 15.5 Å². The number of hydrogen-bond acceptors (Lipinski definition) is 4. The first-order chi connectivity index (χ1) is 19.6. The summed E-state index contributed by atoms with van der Waals surface area (Å²) in [7, 11) is 3.61. The summed E-state index contributed by atoms with van der Waals surface area (Å²) in [6.45, 7) is 9.00. The summed E-state index contributed by atoms with van der Waals surface area (Å²) in [5, 5.41) is 5.92. The molecule has 2 amide bonds. The standard InChI is InChI=1S/C21H29FN2O3.C9H12.C4H9N/c1-5-9-19(21(26)23-11-6-2)24(4)20(25)10-7-8-12-27-18-14-16(3)13-17(22)15-18;1-3-9-6-4-5-8(2)7-9;1-5-4-2-3-4/h1,13-15,19H,6-12H2,2-4H3,(H,23,26);4-7H,3H2,1-2H3;4-5H,2-3H2,1H3. The second-order valence-electron chi connectivity index (χ2n) is 10.4. The van der Waals surface area contributed by atoms with E-state index < -0.39 is 6.04 Å². The molecule has 2 aromatic carbocycles. The van der Waals surface area contributed by atoms with Crippen LogP contribution in [0.2, 0.25) is 0 Å². The van der Waals surface area contributed by atoms with Gasteiger partial charge in [0, 0.05) is 38.5 Å². The molecule has 1 saturated carbocycles. The number of rotatable bonds is 13. The second-order valence-corrected chi connectivity index (χ2v) is 10.4. The molecule has 0 aromatic heterocycles. The third-order valence-electron chi connectivity index (χ3n) is 6.57. The van der Waals surface area contributed by atoms with Crippen LogP contribution >= 0.6 is 0 Å². The summed E-state index contributed by atoms with van der Waals surface area (Å²) in [5.74, 6) is 2.25. The van der Waals surface area contributed by atoms with E-state index in [9.17, 15) is 14.0 Å². The normalized spacial score (nSPS) is 12.4. The fourth-order valence-electron chi connectivity index (χ4n) is 3.89. The number of nitrogens with zero attached hydrogens (tertiary/aromatic N) is 1. The van der Waals surface area contributed by atoms with E-state index in [0.29, 0.717) is 38.2 Å². The average molecular weight is 568 g/mol. The number of likely N-dealkylation sites (N-methyl/N-ethyl adjacent to an activating group) is 1. The Bertz CT molecular complexity index is 1070.